The summed E-state index contributed by atoms with van der Waals surface area (Å²) < 4.78 is 7.43. The summed E-state index contributed by atoms with van der Waals surface area (Å²) in [5.41, 5.74) is 1.89. The van der Waals surface area contributed by atoms with E-state index in [4.69, 9.17) is 9.84 Å². The van der Waals surface area contributed by atoms with Crippen LogP contribution < -0.4 is 10.1 Å². The van der Waals surface area contributed by atoms with E-state index in [1.807, 2.05) is 37.4 Å². The van der Waals surface area contributed by atoms with Gasteiger partial charge in [0.15, 0.2) is 0 Å². The summed E-state index contributed by atoms with van der Waals surface area (Å²) in [4.78, 5) is 11.5. The number of aliphatic hydroxyl groups excluding tert-OH is 1. The van der Waals surface area contributed by atoms with Crippen molar-refractivity contribution in [2.75, 3.05) is 13.2 Å². The fourth-order valence-electron chi connectivity index (χ4n) is 1.85. The Kier molecular flexibility index (Phi) is 5.34. The molecule has 2 N–H and O–H groups in total. The molecule has 0 saturated heterocycles. The van der Waals surface area contributed by atoms with Gasteiger partial charge >= 0.3 is 0 Å². The summed E-state index contributed by atoms with van der Waals surface area (Å²) in [6, 6.07) is 9.30. The van der Waals surface area contributed by atoms with Crippen LogP contribution in [0.15, 0.2) is 36.5 Å². The number of hydrogen-bond acceptors (Lipinski definition) is 4. The molecule has 0 saturated carbocycles. The highest BCUT2D eigenvalue weighted by Crippen LogP contribution is 2.14. The van der Waals surface area contributed by atoms with Crippen LogP contribution in [0.25, 0.3) is 0 Å². The van der Waals surface area contributed by atoms with Crippen LogP contribution in [0.2, 0.25) is 0 Å². The predicted octanol–water partition coefficient (Wildman–Crippen LogP) is 0.650. The Morgan fingerprint density at radius 1 is 1.33 bits per heavy atom. The molecule has 0 aliphatic carbocycles. The quantitative estimate of drug-likeness (QED) is 0.784. The third-order valence-electron chi connectivity index (χ3n) is 3.03. The van der Waals surface area contributed by atoms with E-state index in [2.05, 4.69) is 10.4 Å². The fourth-order valence-corrected chi connectivity index (χ4v) is 1.85. The molecule has 0 radical (unpaired) electrons. The Morgan fingerprint density at radius 2 is 2.10 bits per heavy atom. The minimum atomic E-state index is -0.104. The molecule has 0 aliphatic rings. The van der Waals surface area contributed by atoms with Gasteiger partial charge in [-0.2, -0.15) is 5.10 Å². The van der Waals surface area contributed by atoms with Crippen molar-refractivity contribution in [3.63, 3.8) is 0 Å². The Hall–Kier alpha value is -2.34. The Balaban J connectivity index is 1.84. The SMILES string of the molecule is Cn1nccc1COc1ccc(CC(=O)NCCO)cc1. The number of carbonyl (C=O) groups excluding carboxylic acids is 1. The van der Waals surface area contributed by atoms with Crippen LogP contribution in [0.1, 0.15) is 11.3 Å². The van der Waals surface area contributed by atoms with E-state index >= 15 is 0 Å². The van der Waals surface area contributed by atoms with E-state index in [1.165, 1.54) is 0 Å². The van der Waals surface area contributed by atoms with Crippen LogP contribution in [0.5, 0.6) is 5.75 Å². The lowest BCUT2D eigenvalue weighted by Crippen LogP contribution is -2.27. The molecule has 1 heterocycles. The van der Waals surface area contributed by atoms with Crippen LogP contribution in [-0.4, -0.2) is 33.9 Å². The summed E-state index contributed by atoms with van der Waals surface area (Å²) in [7, 11) is 1.87. The van der Waals surface area contributed by atoms with Crippen molar-refractivity contribution < 1.29 is 14.6 Å². The second-order valence-electron chi connectivity index (χ2n) is 4.63. The Labute approximate surface area is 123 Å². The van der Waals surface area contributed by atoms with Crippen molar-refractivity contribution in [2.24, 2.45) is 7.05 Å². The van der Waals surface area contributed by atoms with Gasteiger partial charge in [-0.05, 0) is 23.8 Å². The van der Waals surface area contributed by atoms with Crippen molar-refractivity contribution >= 4 is 5.91 Å². The predicted molar refractivity (Wildman–Crippen MR) is 77.8 cm³/mol. The monoisotopic (exact) mass is 289 g/mol. The smallest absolute Gasteiger partial charge is 0.224 e. The minimum absolute atomic E-state index is 0.0491. The average Bonchev–Trinajstić information content (AvgIpc) is 2.90. The number of amides is 1. The largest absolute Gasteiger partial charge is 0.487 e. The van der Waals surface area contributed by atoms with Gasteiger partial charge in [0.05, 0.1) is 18.7 Å². The summed E-state index contributed by atoms with van der Waals surface area (Å²) in [5.74, 6) is 0.642. The van der Waals surface area contributed by atoms with Crippen LogP contribution in [0.4, 0.5) is 0 Å². The second kappa shape index (κ2) is 7.44. The number of aliphatic hydroxyl groups is 1. The molecule has 112 valence electrons. The summed E-state index contributed by atoms with van der Waals surface area (Å²) in [6.07, 6.45) is 2.02. The van der Waals surface area contributed by atoms with Gasteiger partial charge in [-0.3, -0.25) is 9.48 Å². The molecule has 6 nitrogen and oxygen atoms in total. The number of benzene rings is 1. The summed E-state index contributed by atoms with van der Waals surface area (Å²) >= 11 is 0. The lowest BCUT2D eigenvalue weighted by Gasteiger charge is -2.08. The van der Waals surface area contributed by atoms with Gasteiger partial charge in [0.2, 0.25) is 5.91 Å². The normalized spacial score (nSPS) is 10.4. The molecule has 1 aromatic carbocycles. The number of aromatic nitrogens is 2. The van der Waals surface area contributed by atoms with Crippen molar-refractivity contribution in [3.05, 3.63) is 47.8 Å². The number of hydrogen-bond donors (Lipinski definition) is 2. The molecule has 0 fully saturated rings. The van der Waals surface area contributed by atoms with Gasteiger partial charge in [-0.1, -0.05) is 12.1 Å². The second-order valence-corrected chi connectivity index (χ2v) is 4.63. The van der Waals surface area contributed by atoms with Crippen LogP contribution in [-0.2, 0) is 24.9 Å². The topological polar surface area (TPSA) is 76.4 Å². The van der Waals surface area contributed by atoms with E-state index in [-0.39, 0.29) is 19.1 Å². The number of nitrogens with zero attached hydrogens (tertiary/aromatic N) is 2. The maximum atomic E-state index is 11.5. The first kappa shape index (κ1) is 15.1. The highest BCUT2D eigenvalue weighted by molar-refractivity contribution is 5.78. The first-order valence-electron chi connectivity index (χ1n) is 6.75. The number of ether oxygens (including phenoxy) is 1. The van der Waals surface area contributed by atoms with Crippen molar-refractivity contribution in [3.8, 4) is 5.75 Å². The molecular formula is C15H19N3O3. The van der Waals surface area contributed by atoms with Gasteiger partial charge in [-0.15, -0.1) is 0 Å². The number of rotatable bonds is 7. The number of carbonyl (C=O) groups is 1. The van der Waals surface area contributed by atoms with E-state index in [0.29, 0.717) is 13.0 Å². The zero-order chi connectivity index (χ0) is 15.1. The molecule has 0 aliphatic heterocycles. The fraction of sp³-hybridized carbons (Fsp3) is 0.333. The molecule has 0 unspecified atom stereocenters. The lowest BCUT2D eigenvalue weighted by atomic mass is 10.1. The third-order valence-corrected chi connectivity index (χ3v) is 3.03. The van der Waals surface area contributed by atoms with E-state index < -0.39 is 0 Å². The molecule has 2 aromatic rings. The van der Waals surface area contributed by atoms with E-state index in [0.717, 1.165) is 17.0 Å². The van der Waals surface area contributed by atoms with Crippen molar-refractivity contribution in [2.45, 2.75) is 13.0 Å². The standard InChI is InChI=1S/C15H19N3O3/c1-18-13(6-7-17-18)11-21-14-4-2-12(3-5-14)10-15(20)16-8-9-19/h2-7,19H,8-11H2,1H3,(H,16,20). The zero-order valence-corrected chi connectivity index (χ0v) is 12.0. The Bertz CT molecular complexity index is 578. The van der Waals surface area contributed by atoms with Gasteiger partial charge in [0.25, 0.3) is 0 Å². The number of nitrogens with one attached hydrogen (secondary N) is 1. The molecule has 2 rings (SSSR count). The van der Waals surface area contributed by atoms with Crippen LogP contribution in [0, 0.1) is 0 Å². The summed E-state index contributed by atoms with van der Waals surface area (Å²) in [6.45, 7) is 0.685. The molecular weight excluding hydrogens is 270 g/mol. The van der Waals surface area contributed by atoms with Gasteiger partial charge < -0.3 is 15.2 Å². The van der Waals surface area contributed by atoms with E-state index in [1.54, 1.807) is 10.9 Å². The van der Waals surface area contributed by atoms with Gasteiger partial charge in [0, 0.05) is 19.8 Å². The molecule has 1 amide bonds. The van der Waals surface area contributed by atoms with Crippen LogP contribution in [0.3, 0.4) is 0 Å². The first-order valence-corrected chi connectivity index (χ1v) is 6.75. The maximum absolute atomic E-state index is 11.5. The summed E-state index contributed by atoms with van der Waals surface area (Å²) in [5, 5.41) is 15.3. The lowest BCUT2D eigenvalue weighted by molar-refractivity contribution is -0.120. The molecule has 0 bridgehead atoms. The van der Waals surface area contributed by atoms with Gasteiger partial charge in [0.1, 0.15) is 12.4 Å². The van der Waals surface area contributed by atoms with Crippen molar-refractivity contribution in [1.82, 2.24) is 15.1 Å². The molecule has 1 aromatic heterocycles. The average molecular weight is 289 g/mol. The molecule has 6 heteroatoms. The highest BCUT2D eigenvalue weighted by atomic mass is 16.5. The third kappa shape index (κ3) is 4.61. The first-order chi connectivity index (χ1) is 10.2. The highest BCUT2D eigenvalue weighted by Gasteiger charge is 2.04. The Morgan fingerprint density at radius 3 is 2.71 bits per heavy atom. The van der Waals surface area contributed by atoms with Crippen molar-refractivity contribution in [1.29, 1.82) is 0 Å². The molecule has 21 heavy (non-hydrogen) atoms. The van der Waals surface area contributed by atoms with Crippen LogP contribution >= 0.6 is 0 Å². The van der Waals surface area contributed by atoms with E-state index in [9.17, 15) is 4.79 Å². The maximum Gasteiger partial charge on any atom is 0.224 e. The zero-order valence-electron chi connectivity index (χ0n) is 12.0. The number of aryl methyl sites for hydroxylation is 1. The van der Waals surface area contributed by atoms with Gasteiger partial charge in [-0.25, -0.2) is 0 Å². The minimum Gasteiger partial charge on any atom is -0.487 e. The molecule has 0 spiro atoms. The molecule has 0 atom stereocenters.